The summed E-state index contributed by atoms with van der Waals surface area (Å²) in [6.45, 7) is 3.68. The van der Waals surface area contributed by atoms with Gasteiger partial charge in [-0.15, -0.1) is 0 Å². The quantitative estimate of drug-likeness (QED) is 0.594. The van der Waals surface area contributed by atoms with Gasteiger partial charge in [0.2, 0.25) is 0 Å². The summed E-state index contributed by atoms with van der Waals surface area (Å²) in [5, 5.41) is 2.95. The van der Waals surface area contributed by atoms with Crippen LogP contribution in [0.2, 0.25) is 0 Å². The average Bonchev–Trinajstić information content (AvgIpc) is 2.49. The lowest BCUT2D eigenvalue weighted by Gasteiger charge is -2.09. The molecule has 0 saturated heterocycles. The third-order valence-electron chi connectivity index (χ3n) is 3.21. The fourth-order valence-corrected chi connectivity index (χ4v) is 2.01. The summed E-state index contributed by atoms with van der Waals surface area (Å²) in [5.41, 5.74) is 7.81. The summed E-state index contributed by atoms with van der Waals surface area (Å²) in [4.78, 5) is 12.2. The van der Waals surface area contributed by atoms with Crippen molar-refractivity contribution >= 4 is 5.91 Å². The Labute approximate surface area is 127 Å². The van der Waals surface area contributed by atoms with Gasteiger partial charge in [-0.1, -0.05) is 17.9 Å². The van der Waals surface area contributed by atoms with Gasteiger partial charge >= 0.3 is 0 Å². The number of carbonyl (C=O) groups excluding carboxylic acids is 1. The van der Waals surface area contributed by atoms with Crippen LogP contribution >= 0.6 is 0 Å². The van der Waals surface area contributed by atoms with Crippen LogP contribution in [-0.4, -0.2) is 32.7 Å². The molecule has 1 rings (SSSR count). The van der Waals surface area contributed by atoms with E-state index in [1.807, 2.05) is 25.1 Å². The van der Waals surface area contributed by atoms with Gasteiger partial charge in [0.1, 0.15) is 0 Å². The Kier molecular flexibility index (Phi) is 8.18. The number of nitrogens with one attached hydrogen (secondary N) is 1. The van der Waals surface area contributed by atoms with Gasteiger partial charge in [0.05, 0.1) is 6.54 Å². The maximum atomic E-state index is 12.2. The second-order valence-corrected chi connectivity index (χ2v) is 4.79. The summed E-state index contributed by atoms with van der Waals surface area (Å²) in [7, 11) is 1.70. The molecule has 0 radical (unpaired) electrons. The zero-order chi connectivity index (χ0) is 15.5. The Hall–Kier alpha value is -1.83. The molecule has 1 amide bonds. The van der Waals surface area contributed by atoms with E-state index in [1.165, 1.54) is 0 Å². The molecule has 0 bridgehead atoms. The number of nitrogens with two attached hydrogens (primary N) is 1. The molecule has 1 aromatic rings. The molecule has 0 heterocycles. The van der Waals surface area contributed by atoms with Crippen LogP contribution in [0.15, 0.2) is 18.2 Å². The number of methoxy groups -OCH3 is 1. The van der Waals surface area contributed by atoms with Crippen LogP contribution in [0.5, 0.6) is 0 Å². The molecule has 0 aliphatic carbocycles. The minimum Gasteiger partial charge on any atom is -0.385 e. The van der Waals surface area contributed by atoms with Gasteiger partial charge in [-0.25, -0.2) is 0 Å². The minimum atomic E-state index is -0.0457. The van der Waals surface area contributed by atoms with Crippen LogP contribution in [-0.2, 0) is 4.74 Å². The third kappa shape index (κ3) is 5.99. The van der Waals surface area contributed by atoms with E-state index in [2.05, 4.69) is 17.2 Å². The highest BCUT2D eigenvalue weighted by atomic mass is 16.5. The number of rotatable bonds is 7. The maximum absolute atomic E-state index is 12.2. The van der Waals surface area contributed by atoms with Crippen molar-refractivity contribution in [1.29, 1.82) is 0 Å². The number of amides is 1. The van der Waals surface area contributed by atoms with E-state index in [1.54, 1.807) is 7.11 Å². The van der Waals surface area contributed by atoms with Crippen LogP contribution in [0, 0.1) is 18.8 Å². The van der Waals surface area contributed by atoms with E-state index in [0.717, 1.165) is 37.0 Å². The van der Waals surface area contributed by atoms with Crippen molar-refractivity contribution in [2.75, 3.05) is 26.8 Å². The monoisotopic (exact) mass is 288 g/mol. The standard InChI is InChI=1S/C17H24N2O2/c1-14-15(9-7-11-18)8-6-10-16(14)17(20)19-12-4-3-5-13-21-2/h6,8,10H,3-5,11-13,18H2,1-2H3,(H,19,20). The molecule has 114 valence electrons. The van der Waals surface area contributed by atoms with Crippen molar-refractivity contribution in [3.63, 3.8) is 0 Å². The predicted molar refractivity (Wildman–Crippen MR) is 85.2 cm³/mol. The first-order valence-corrected chi connectivity index (χ1v) is 7.26. The topological polar surface area (TPSA) is 64.3 Å². The molecule has 21 heavy (non-hydrogen) atoms. The van der Waals surface area contributed by atoms with Crippen molar-refractivity contribution in [3.8, 4) is 11.8 Å². The number of benzene rings is 1. The Morgan fingerprint density at radius 3 is 2.86 bits per heavy atom. The van der Waals surface area contributed by atoms with Gasteiger partial charge < -0.3 is 15.8 Å². The third-order valence-corrected chi connectivity index (χ3v) is 3.21. The number of carbonyl (C=O) groups is 1. The van der Waals surface area contributed by atoms with Gasteiger partial charge in [0, 0.05) is 31.4 Å². The summed E-state index contributed by atoms with van der Waals surface area (Å²) in [5.74, 6) is 5.76. The molecule has 0 atom stereocenters. The van der Waals surface area contributed by atoms with E-state index < -0.39 is 0 Å². The average molecular weight is 288 g/mol. The van der Waals surface area contributed by atoms with Gasteiger partial charge in [-0.05, 0) is 43.9 Å². The molecular formula is C17H24N2O2. The summed E-state index contributed by atoms with van der Waals surface area (Å²) < 4.78 is 4.99. The Balaban J connectivity index is 2.54. The molecule has 0 saturated carbocycles. The molecular weight excluding hydrogens is 264 g/mol. The number of hydrogen-bond donors (Lipinski definition) is 2. The summed E-state index contributed by atoms with van der Waals surface area (Å²) in [6.07, 6.45) is 3.03. The highest BCUT2D eigenvalue weighted by Crippen LogP contribution is 2.12. The van der Waals surface area contributed by atoms with E-state index in [-0.39, 0.29) is 5.91 Å². The Morgan fingerprint density at radius 2 is 2.14 bits per heavy atom. The normalized spacial score (nSPS) is 9.86. The fraction of sp³-hybridized carbons (Fsp3) is 0.471. The molecule has 0 unspecified atom stereocenters. The molecule has 4 nitrogen and oxygen atoms in total. The van der Waals surface area contributed by atoms with Crippen LogP contribution in [0.25, 0.3) is 0 Å². The molecule has 0 fully saturated rings. The van der Waals surface area contributed by atoms with Gasteiger partial charge in [-0.2, -0.15) is 0 Å². The molecule has 1 aromatic carbocycles. The molecule has 0 aliphatic heterocycles. The lowest BCUT2D eigenvalue weighted by Crippen LogP contribution is -2.25. The zero-order valence-corrected chi connectivity index (χ0v) is 12.9. The lowest BCUT2D eigenvalue weighted by atomic mass is 10.0. The largest absolute Gasteiger partial charge is 0.385 e. The molecule has 0 aliphatic rings. The first kappa shape index (κ1) is 17.2. The highest BCUT2D eigenvalue weighted by molar-refractivity contribution is 5.96. The van der Waals surface area contributed by atoms with Crippen molar-refractivity contribution in [3.05, 3.63) is 34.9 Å². The maximum Gasteiger partial charge on any atom is 0.251 e. The molecule has 3 N–H and O–H groups in total. The van der Waals surface area contributed by atoms with Crippen LogP contribution < -0.4 is 11.1 Å². The van der Waals surface area contributed by atoms with E-state index >= 15 is 0 Å². The molecule has 4 heteroatoms. The van der Waals surface area contributed by atoms with E-state index in [9.17, 15) is 4.79 Å². The van der Waals surface area contributed by atoms with Gasteiger partial charge in [0.15, 0.2) is 0 Å². The number of hydrogen-bond acceptors (Lipinski definition) is 3. The van der Waals surface area contributed by atoms with Gasteiger partial charge in [-0.3, -0.25) is 4.79 Å². The first-order chi connectivity index (χ1) is 10.2. The summed E-state index contributed by atoms with van der Waals surface area (Å²) >= 11 is 0. The zero-order valence-electron chi connectivity index (χ0n) is 12.9. The molecule has 0 aromatic heterocycles. The van der Waals surface area contributed by atoms with E-state index in [4.69, 9.17) is 10.5 Å². The SMILES string of the molecule is COCCCCCNC(=O)c1cccc(C#CCN)c1C. The smallest absolute Gasteiger partial charge is 0.251 e. The van der Waals surface area contributed by atoms with Crippen molar-refractivity contribution in [2.24, 2.45) is 5.73 Å². The van der Waals surface area contributed by atoms with Crippen molar-refractivity contribution in [2.45, 2.75) is 26.2 Å². The minimum absolute atomic E-state index is 0.0457. The molecule has 0 spiro atoms. The Bertz CT molecular complexity index is 515. The van der Waals surface area contributed by atoms with Crippen LogP contribution in [0.3, 0.4) is 0 Å². The highest BCUT2D eigenvalue weighted by Gasteiger charge is 2.10. The first-order valence-electron chi connectivity index (χ1n) is 7.26. The number of ether oxygens (including phenoxy) is 1. The van der Waals surface area contributed by atoms with Crippen LogP contribution in [0.4, 0.5) is 0 Å². The van der Waals surface area contributed by atoms with Crippen LogP contribution in [0.1, 0.15) is 40.7 Å². The van der Waals surface area contributed by atoms with Gasteiger partial charge in [0.25, 0.3) is 5.91 Å². The van der Waals surface area contributed by atoms with Crippen molar-refractivity contribution < 1.29 is 9.53 Å². The Morgan fingerprint density at radius 1 is 1.33 bits per heavy atom. The predicted octanol–water partition coefficient (Wildman–Crippen LogP) is 1.85. The second-order valence-electron chi connectivity index (χ2n) is 4.79. The second kappa shape index (κ2) is 9.98. The lowest BCUT2D eigenvalue weighted by molar-refractivity contribution is 0.0952. The number of unbranched alkanes of at least 4 members (excludes halogenated alkanes) is 2. The summed E-state index contributed by atoms with van der Waals surface area (Å²) in [6, 6.07) is 5.57. The van der Waals surface area contributed by atoms with Crippen molar-refractivity contribution in [1.82, 2.24) is 5.32 Å². The van der Waals surface area contributed by atoms with E-state index in [0.29, 0.717) is 18.7 Å². The fourth-order valence-electron chi connectivity index (χ4n) is 2.01.